The van der Waals surface area contributed by atoms with Crippen molar-refractivity contribution in [3.8, 4) is 11.1 Å². The summed E-state index contributed by atoms with van der Waals surface area (Å²) in [5.74, 6) is -0.116. The lowest BCUT2D eigenvalue weighted by Gasteiger charge is -2.12. The van der Waals surface area contributed by atoms with Gasteiger partial charge in [0.25, 0.3) is 5.91 Å². The topological polar surface area (TPSA) is 29.1 Å². The third-order valence-corrected chi connectivity index (χ3v) is 3.86. The molecule has 1 amide bonds. The highest BCUT2D eigenvalue weighted by molar-refractivity contribution is 6.30. The van der Waals surface area contributed by atoms with E-state index in [9.17, 15) is 4.79 Å². The Balaban J connectivity index is 1.92. The number of aryl methyl sites for hydroxylation is 1. The van der Waals surface area contributed by atoms with E-state index in [-0.39, 0.29) is 5.91 Å². The number of halogens is 1. The zero-order chi connectivity index (χ0) is 16.2. The lowest BCUT2D eigenvalue weighted by Crippen LogP contribution is -2.12. The van der Waals surface area contributed by atoms with E-state index < -0.39 is 0 Å². The van der Waals surface area contributed by atoms with Crippen LogP contribution in [0.2, 0.25) is 5.02 Å². The number of hydrogen-bond donors (Lipinski definition) is 1. The number of carbonyl (C=O) groups excluding carboxylic acids is 1. The molecule has 0 radical (unpaired) electrons. The lowest BCUT2D eigenvalue weighted by atomic mass is 10.0. The average Bonchev–Trinajstić information content (AvgIpc) is 2.56. The summed E-state index contributed by atoms with van der Waals surface area (Å²) in [6.07, 6.45) is 0. The second-order valence-corrected chi connectivity index (χ2v) is 5.81. The molecule has 0 fully saturated rings. The zero-order valence-electron chi connectivity index (χ0n) is 12.7. The van der Waals surface area contributed by atoms with Gasteiger partial charge in [-0.1, -0.05) is 59.6 Å². The van der Waals surface area contributed by atoms with Crippen LogP contribution in [-0.2, 0) is 0 Å². The quantitative estimate of drug-likeness (QED) is 0.671. The standard InChI is InChI=1S/C20H16ClNO/c1-14-5-4-6-16(13-14)20(23)22-19-8-3-2-7-18(19)15-9-11-17(21)12-10-15/h2-13H,1H3,(H,22,23). The fourth-order valence-electron chi connectivity index (χ4n) is 2.45. The number of rotatable bonds is 3. The van der Waals surface area contributed by atoms with Gasteiger partial charge in [-0.05, 0) is 42.8 Å². The first-order chi connectivity index (χ1) is 11.1. The van der Waals surface area contributed by atoms with Crippen molar-refractivity contribution in [1.29, 1.82) is 0 Å². The van der Waals surface area contributed by atoms with Crippen molar-refractivity contribution in [2.75, 3.05) is 5.32 Å². The summed E-state index contributed by atoms with van der Waals surface area (Å²) in [6, 6.07) is 22.9. The van der Waals surface area contributed by atoms with Gasteiger partial charge in [-0.3, -0.25) is 4.79 Å². The zero-order valence-corrected chi connectivity index (χ0v) is 13.5. The van der Waals surface area contributed by atoms with Gasteiger partial charge < -0.3 is 5.32 Å². The van der Waals surface area contributed by atoms with Crippen LogP contribution in [0.3, 0.4) is 0 Å². The normalized spacial score (nSPS) is 10.3. The maximum Gasteiger partial charge on any atom is 0.255 e. The first-order valence-electron chi connectivity index (χ1n) is 7.36. The van der Waals surface area contributed by atoms with E-state index in [0.29, 0.717) is 10.6 Å². The third kappa shape index (κ3) is 3.61. The third-order valence-electron chi connectivity index (χ3n) is 3.61. The van der Waals surface area contributed by atoms with E-state index in [1.54, 1.807) is 0 Å². The molecule has 3 aromatic rings. The molecule has 114 valence electrons. The number of amides is 1. The van der Waals surface area contributed by atoms with Crippen LogP contribution in [-0.4, -0.2) is 5.91 Å². The summed E-state index contributed by atoms with van der Waals surface area (Å²) in [4.78, 5) is 12.5. The Labute approximate surface area is 140 Å². The molecule has 1 N–H and O–H groups in total. The minimum Gasteiger partial charge on any atom is -0.321 e. The van der Waals surface area contributed by atoms with Gasteiger partial charge in [0.15, 0.2) is 0 Å². The number of anilines is 1. The second-order valence-electron chi connectivity index (χ2n) is 5.38. The predicted molar refractivity (Wildman–Crippen MR) is 96.0 cm³/mol. The van der Waals surface area contributed by atoms with Crippen molar-refractivity contribution in [2.24, 2.45) is 0 Å². The Kier molecular flexibility index (Phi) is 4.45. The second kappa shape index (κ2) is 6.67. The molecule has 0 bridgehead atoms. The van der Waals surface area contributed by atoms with Crippen molar-refractivity contribution in [2.45, 2.75) is 6.92 Å². The van der Waals surface area contributed by atoms with Gasteiger partial charge in [0, 0.05) is 21.8 Å². The molecule has 0 saturated heterocycles. The van der Waals surface area contributed by atoms with Gasteiger partial charge in [0.1, 0.15) is 0 Å². The van der Waals surface area contributed by atoms with Gasteiger partial charge in [0.2, 0.25) is 0 Å². The molecule has 3 aromatic carbocycles. The fraction of sp³-hybridized carbons (Fsp3) is 0.0500. The minimum atomic E-state index is -0.116. The Morgan fingerprint density at radius 1 is 0.913 bits per heavy atom. The summed E-state index contributed by atoms with van der Waals surface area (Å²) in [5, 5.41) is 3.69. The van der Waals surface area contributed by atoms with Crippen molar-refractivity contribution in [3.05, 3.63) is 88.9 Å². The summed E-state index contributed by atoms with van der Waals surface area (Å²) in [5.41, 5.74) is 4.46. The van der Waals surface area contributed by atoms with Gasteiger partial charge in [0.05, 0.1) is 0 Å². The Bertz CT molecular complexity index is 840. The molecule has 0 aromatic heterocycles. The summed E-state index contributed by atoms with van der Waals surface area (Å²) in [7, 11) is 0. The van der Waals surface area contributed by atoms with E-state index in [1.165, 1.54) is 0 Å². The van der Waals surface area contributed by atoms with E-state index in [4.69, 9.17) is 11.6 Å². The number of hydrogen-bond acceptors (Lipinski definition) is 1. The molecule has 0 aliphatic rings. The van der Waals surface area contributed by atoms with E-state index in [1.807, 2.05) is 79.7 Å². The summed E-state index contributed by atoms with van der Waals surface area (Å²) < 4.78 is 0. The average molecular weight is 322 g/mol. The molecule has 0 unspecified atom stereocenters. The molecule has 0 saturated carbocycles. The molecular formula is C20H16ClNO. The van der Waals surface area contributed by atoms with Gasteiger partial charge in [-0.15, -0.1) is 0 Å². The number of carbonyl (C=O) groups is 1. The van der Waals surface area contributed by atoms with Crippen LogP contribution >= 0.6 is 11.6 Å². The smallest absolute Gasteiger partial charge is 0.255 e. The van der Waals surface area contributed by atoms with Crippen molar-refractivity contribution >= 4 is 23.2 Å². The number of benzene rings is 3. The van der Waals surface area contributed by atoms with E-state index in [0.717, 1.165) is 22.4 Å². The maximum absolute atomic E-state index is 12.5. The van der Waals surface area contributed by atoms with Gasteiger partial charge >= 0.3 is 0 Å². The van der Waals surface area contributed by atoms with Crippen molar-refractivity contribution < 1.29 is 4.79 Å². The molecule has 0 atom stereocenters. The molecule has 3 rings (SSSR count). The molecule has 23 heavy (non-hydrogen) atoms. The molecule has 0 aliphatic heterocycles. The first kappa shape index (κ1) is 15.3. The Hall–Kier alpha value is -2.58. The number of nitrogens with one attached hydrogen (secondary N) is 1. The maximum atomic E-state index is 12.5. The molecule has 2 nitrogen and oxygen atoms in total. The predicted octanol–water partition coefficient (Wildman–Crippen LogP) is 5.57. The summed E-state index contributed by atoms with van der Waals surface area (Å²) >= 11 is 5.95. The van der Waals surface area contributed by atoms with Crippen LogP contribution in [0.15, 0.2) is 72.8 Å². The number of para-hydroxylation sites is 1. The monoisotopic (exact) mass is 321 g/mol. The van der Waals surface area contributed by atoms with Gasteiger partial charge in [-0.2, -0.15) is 0 Å². The fourth-order valence-corrected chi connectivity index (χ4v) is 2.58. The van der Waals surface area contributed by atoms with Crippen LogP contribution in [0.4, 0.5) is 5.69 Å². The minimum absolute atomic E-state index is 0.116. The van der Waals surface area contributed by atoms with E-state index in [2.05, 4.69) is 5.32 Å². The largest absolute Gasteiger partial charge is 0.321 e. The highest BCUT2D eigenvalue weighted by Gasteiger charge is 2.10. The lowest BCUT2D eigenvalue weighted by molar-refractivity contribution is 0.102. The van der Waals surface area contributed by atoms with Crippen LogP contribution in [0.1, 0.15) is 15.9 Å². The van der Waals surface area contributed by atoms with Crippen LogP contribution in [0.25, 0.3) is 11.1 Å². The van der Waals surface area contributed by atoms with Crippen LogP contribution < -0.4 is 5.32 Å². The highest BCUT2D eigenvalue weighted by atomic mass is 35.5. The highest BCUT2D eigenvalue weighted by Crippen LogP contribution is 2.29. The van der Waals surface area contributed by atoms with Crippen molar-refractivity contribution in [1.82, 2.24) is 0 Å². The van der Waals surface area contributed by atoms with Crippen molar-refractivity contribution in [3.63, 3.8) is 0 Å². The summed E-state index contributed by atoms with van der Waals surface area (Å²) in [6.45, 7) is 1.97. The van der Waals surface area contributed by atoms with Gasteiger partial charge in [-0.25, -0.2) is 0 Å². The Morgan fingerprint density at radius 2 is 1.65 bits per heavy atom. The SMILES string of the molecule is Cc1cccc(C(=O)Nc2ccccc2-c2ccc(Cl)cc2)c1. The molecule has 0 heterocycles. The molecule has 0 spiro atoms. The van der Waals surface area contributed by atoms with Crippen LogP contribution in [0, 0.1) is 6.92 Å². The van der Waals surface area contributed by atoms with E-state index >= 15 is 0 Å². The molecular weight excluding hydrogens is 306 g/mol. The first-order valence-corrected chi connectivity index (χ1v) is 7.74. The van der Waals surface area contributed by atoms with Crippen LogP contribution in [0.5, 0.6) is 0 Å². The Morgan fingerprint density at radius 3 is 2.39 bits per heavy atom. The molecule has 0 aliphatic carbocycles. The molecule has 3 heteroatoms.